The molecule has 2 saturated heterocycles. The third kappa shape index (κ3) is 3.31. The van der Waals surface area contributed by atoms with Gasteiger partial charge in [0.1, 0.15) is 11.7 Å². The zero-order valence-electron chi connectivity index (χ0n) is 15.2. The number of carbonyl (C=O) groups is 4. The summed E-state index contributed by atoms with van der Waals surface area (Å²) in [7, 11) is 0. The molecule has 9 heteroatoms. The van der Waals surface area contributed by atoms with Crippen LogP contribution in [0.15, 0.2) is 18.2 Å². The fraction of sp³-hybridized carbons (Fsp3) is 0.474. The molecule has 3 N–H and O–H groups in total. The minimum atomic E-state index is -1.27. The molecular weight excluding hydrogens is 367 g/mol. The Morgan fingerprint density at radius 3 is 2.68 bits per heavy atom. The van der Waals surface area contributed by atoms with E-state index in [0.717, 1.165) is 10.5 Å². The fourth-order valence-corrected chi connectivity index (χ4v) is 3.92. The van der Waals surface area contributed by atoms with Gasteiger partial charge in [-0.05, 0) is 37.1 Å². The molecule has 3 aliphatic rings. The molecule has 2 atom stereocenters. The molecule has 0 bridgehead atoms. The van der Waals surface area contributed by atoms with E-state index >= 15 is 0 Å². The number of rotatable bonds is 5. The van der Waals surface area contributed by atoms with Gasteiger partial charge in [0.25, 0.3) is 11.8 Å². The van der Waals surface area contributed by atoms with Crippen molar-refractivity contribution in [1.29, 1.82) is 0 Å². The molecule has 0 aliphatic carbocycles. The van der Waals surface area contributed by atoms with E-state index in [-0.39, 0.29) is 30.5 Å². The third-order valence-corrected chi connectivity index (χ3v) is 5.47. The predicted octanol–water partition coefficient (Wildman–Crippen LogP) is -0.121. The van der Waals surface area contributed by atoms with Crippen molar-refractivity contribution in [2.24, 2.45) is 0 Å². The highest BCUT2D eigenvalue weighted by atomic mass is 19.1. The maximum absolute atomic E-state index is 14.4. The van der Waals surface area contributed by atoms with Crippen molar-refractivity contribution in [1.82, 2.24) is 20.9 Å². The highest BCUT2D eigenvalue weighted by molar-refractivity contribution is 6.23. The van der Waals surface area contributed by atoms with E-state index in [1.807, 2.05) is 0 Å². The number of fused-ring (bicyclic) bond motifs is 1. The lowest BCUT2D eigenvalue weighted by atomic mass is 10.0. The summed E-state index contributed by atoms with van der Waals surface area (Å²) in [5.41, 5.74) is -0.0584. The first kappa shape index (κ1) is 18.7. The van der Waals surface area contributed by atoms with Crippen molar-refractivity contribution in [3.63, 3.8) is 0 Å². The van der Waals surface area contributed by atoms with Gasteiger partial charge in [0.15, 0.2) is 0 Å². The number of benzene rings is 1. The zero-order chi connectivity index (χ0) is 19.9. The Balaban J connectivity index is 1.46. The zero-order valence-corrected chi connectivity index (χ0v) is 15.2. The number of imide groups is 2. The van der Waals surface area contributed by atoms with Gasteiger partial charge in [0.2, 0.25) is 11.8 Å². The molecule has 0 radical (unpaired) electrons. The number of amides is 4. The van der Waals surface area contributed by atoms with Crippen LogP contribution in [0.4, 0.5) is 4.39 Å². The van der Waals surface area contributed by atoms with Crippen molar-refractivity contribution in [2.75, 3.05) is 19.6 Å². The van der Waals surface area contributed by atoms with Crippen LogP contribution >= 0.6 is 0 Å². The van der Waals surface area contributed by atoms with Crippen molar-refractivity contribution in [3.8, 4) is 0 Å². The molecule has 1 aromatic rings. The van der Waals surface area contributed by atoms with Gasteiger partial charge in [-0.3, -0.25) is 29.4 Å². The first-order valence-electron chi connectivity index (χ1n) is 9.33. The molecule has 2 unspecified atom stereocenters. The van der Waals surface area contributed by atoms with Gasteiger partial charge in [-0.15, -0.1) is 0 Å². The Morgan fingerprint density at radius 2 is 1.96 bits per heavy atom. The van der Waals surface area contributed by atoms with Crippen molar-refractivity contribution < 1.29 is 23.6 Å². The molecule has 148 valence electrons. The van der Waals surface area contributed by atoms with E-state index in [9.17, 15) is 23.6 Å². The smallest absolute Gasteiger partial charge is 0.262 e. The maximum atomic E-state index is 14.4. The molecule has 1 aromatic carbocycles. The Hall–Kier alpha value is -2.65. The largest absolute Gasteiger partial charge is 0.313 e. The number of nitrogens with one attached hydrogen (secondary N) is 3. The van der Waals surface area contributed by atoms with Crippen LogP contribution in [0.3, 0.4) is 0 Å². The second-order valence-electron chi connectivity index (χ2n) is 7.51. The van der Waals surface area contributed by atoms with Gasteiger partial charge in [-0.1, -0.05) is 6.07 Å². The summed E-state index contributed by atoms with van der Waals surface area (Å²) in [6, 6.07) is 3.89. The van der Waals surface area contributed by atoms with E-state index in [4.69, 9.17) is 0 Å². The number of piperidine rings is 1. The fourth-order valence-electron chi connectivity index (χ4n) is 3.92. The lowest BCUT2D eigenvalue weighted by Crippen LogP contribution is -2.54. The van der Waals surface area contributed by atoms with Gasteiger partial charge in [-0.2, -0.15) is 0 Å². The minimum absolute atomic E-state index is 0.0822. The average molecular weight is 388 g/mol. The molecule has 28 heavy (non-hydrogen) atoms. The van der Waals surface area contributed by atoms with Gasteiger partial charge >= 0.3 is 0 Å². The lowest BCUT2D eigenvalue weighted by molar-refractivity contribution is -0.136. The van der Waals surface area contributed by atoms with Crippen LogP contribution in [0.2, 0.25) is 0 Å². The van der Waals surface area contributed by atoms with Gasteiger partial charge < -0.3 is 10.6 Å². The SMILES string of the molecule is O=C1CCC(N2C(=O)c3ccc(CNCC4(F)CCNC4)cc3C2=O)C(=O)N1. The molecule has 0 spiro atoms. The second-order valence-corrected chi connectivity index (χ2v) is 7.51. The third-order valence-electron chi connectivity index (χ3n) is 5.47. The summed E-state index contributed by atoms with van der Waals surface area (Å²) >= 11 is 0. The van der Waals surface area contributed by atoms with Gasteiger partial charge in [0.05, 0.1) is 11.1 Å². The van der Waals surface area contributed by atoms with Crippen molar-refractivity contribution >= 4 is 23.6 Å². The summed E-state index contributed by atoms with van der Waals surface area (Å²) in [5.74, 6) is -2.12. The molecule has 8 nitrogen and oxygen atoms in total. The minimum Gasteiger partial charge on any atom is -0.313 e. The number of carbonyl (C=O) groups excluding carboxylic acids is 4. The summed E-state index contributed by atoms with van der Waals surface area (Å²) in [6.07, 6.45) is 0.661. The molecule has 3 heterocycles. The van der Waals surface area contributed by atoms with E-state index < -0.39 is 35.3 Å². The topological polar surface area (TPSA) is 108 Å². The van der Waals surface area contributed by atoms with Crippen molar-refractivity contribution in [3.05, 3.63) is 34.9 Å². The Bertz CT molecular complexity index is 865. The van der Waals surface area contributed by atoms with Crippen LogP contribution in [-0.2, 0) is 16.1 Å². The summed E-state index contributed by atoms with van der Waals surface area (Å²) in [4.78, 5) is 49.7. The van der Waals surface area contributed by atoms with E-state index in [1.165, 1.54) is 0 Å². The van der Waals surface area contributed by atoms with Crippen LogP contribution in [-0.4, -0.2) is 59.9 Å². The predicted molar refractivity (Wildman–Crippen MR) is 96.1 cm³/mol. The van der Waals surface area contributed by atoms with Crippen LogP contribution in [0, 0.1) is 0 Å². The quantitative estimate of drug-likeness (QED) is 0.607. The molecule has 4 amide bonds. The van der Waals surface area contributed by atoms with E-state index in [1.54, 1.807) is 18.2 Å². The molecular formula is C19H21FN4O4. The molecule has 0 aromatic heterocycles. The van der Waals surface area contributed by atoms with Crippen LogP contribution in [0.5, 0.6) is 0 Å². The van der Waals surface area contributed by atoms with E-state index in [0.29, 0.717) is 26.1 Å². The van der Waals surface area contributed by atoms with Crippen molar-refractivity contribution in [2.45, 2.75) is 37.5 Å². The standard InChI is InChI=1S/C19H21FN4O4/c20-19(5-6-21-9-19)10-22-8-11-1-2-12-13(7-11)18(28)24(17(12)27)14-3-4-15(25)23-16(14)26/h1-2,7,14,21-22H,3-6,8-10H2,(H,23,25,26). The average Bonchev–Trinajstić information content (AvgIpc) is 3.19. The number of hydrogen-bond acceptors (Lipinski definition) is 6. The number of nitrogens with zero attached hydrogens (tertiary/aromatic N) is 1. The number of alkyl halides is 1. The Labute approximate surface area is 160 Å². The highest BCUT2D eigenvalue weighted by Gasteiger charge is 2.44. The van der Waals surface area contributed by atoms with Gasteiger partial charge in [0, 0.05) is 26.1 Å². The van der Waals surface area contributed by atoms with Gasteiger partial charge in [-0.25, -0.2) is 4.39 Å². The normalized spacial score (nSPS) is 27.3. The Morgan fingerprint density at radius 1 is 1.18 bits per heavy atom. The highest BCUT2D eigenvalue weighted by Crippen LogP contribution is 2.28. The number of halogens is 1. The summed E-state index contributed by atoms with van der Waals surface area (Å²) in [5, 5.41) is 8.22. The maximum Gasteiger partial charge on any atom is 0.262 e. The first-order valence-corrected chi connectivity index (χ1v) is 9.33. The van der Waals surface area contributed by atoms with E-state index in [2.05, 4.69) is 16.0 Å². The Kier molecular flexibility index (Phi) is 4.72. The lowest BCUT2D eigenvalue weighted by Gasteiger charge is -2.27. The second kappa shape index (κ2) is 7.06. The molecule has 0 saturated carbocycles. The van der Waals surface area contributed by atoms with Crippen LogP contribution < -0.4 is 16.0 Å². The molecule has 4 rings (SSSR count). The summed E-state index contributed by atoms with van der Waals surface area (Å²) in [6.45, 7) is 1.53. The molecule has 3 aliphatic heterocycles. The monoisotopic (exact) mass is 388 g/mol. The van der Waals surface area contributed by atoms with Crippen LogP contribution in [0.25, 0.3) is 0 Å². The van der Waals surface area contributed by atoms with Crippen LogP contribution in [0.1, 0.15) is 45.5 Å². The molecule has 2 fully saturated rings. The summed E-state index contributed by atoms with van der Waals surface area (Å²) < 4.78 is 14.4. The number of hydrogen-bond donors (Lipinski definition) is 3. The first-order chi connectivity index (χ1) is 13.4.